The third kappa shape index (κ3) is 3.70. The maximum absolute atomic E-state index is 13.7. The summed E-state index contributed by atoms with van der Waals surface area (Å²) in [6.07, 6.45) is 0. The van der Waals surface area contributed by atoms with Gasteiger partial charge in [0.1, 0.15) is 11.6 Å². The van der Waals surface area contributed by atoms with Gasteiger partial charge in [0, 0.05) is 24.2 Å². The number of halogens is 2. The normalized spacial score (nSPS) is 12.2. The first-order valence-electron chi connectivity index (χ1n) is 6.55. The molecular formula is C16H17F2NO2. The lowest BCUT2D eigenvalue weighted by Crippen LogP contribution is -2.19. The first-order valence-corrected chi connectivity index (χ1v) is 6.55. The first kappa shape index (κ1) is 15.3. The Morgan fingerprint density at radius 1 is 1.19 bits per heavy atom. The number of phenols is 1. The summed E-state index contributed by atoms with van der Waals surface area (Å²) >= 11 is 0. The maximum atomic E-state index is 13.7. The predicted octanol–water partition coefficient (Wildman–Crippen LogP) is 3.53. The van der Waals surface area contributed by atoms with Gasteiger partial charge in [0.05, 0.1) is 7.11 Å². The molecule has 21 heavy (non-hydrogen) atoms. The fourth-order valence-corrected chi connectivity index (χ4v) is 2.07. The molecule has 0 aromatic heterocycles. The van der Waals surface area contributed by atoms with Gasteiger partial charge in [-0.05, 0) is 30.7 Å². The van der Waals surface area contributed by atoms with Gasteiger partial charge < -0.3 is 15.2 Å². The van der Waals surface area contributed by atoms with E-state index in [4.69, 9.17) is 4.74 Å². The molecule has 0 saturated carbocycles. The number of rotatable bonds is 5. The zero-order chi connectivity index (χ0) is 15.4. The van der Waals surface area contributed by atoms with Crippen molar-refractivity contribution in [1.82, 2.24) is 5.32 Å². The van der Waals surface area contributed by atoms with Crippen LogP contribution in [0.3, 0.4) is 0 Å². The summed E-state index contributed by atoms with van der Waals surface area (Å²) in [6, 6.07) is 8.26. The topological polar surface area (TPSA) is 41.5 Å². The van der Waals surface area contributed by atoms with Crippen molar-refractivity contribution in [3.05, 3.63) is 59.2 Å². The summed E-state index contributed by atoms with van der Waals surface area (Å²) in [5, 5.41) is 12.7. The highest BCUT2D eigenvalue weighted by molar-refractivity contribution is 5.41. The summed E-state index contributed by atoms with van der Waals surface area (Å²) in [5.74, 6) is -0.709. The number of methoxy groups -OCH3 is 1. The Bertz CT molecular complexity index is 632. The van der Waals surface area contributed by atoms with Gasteiger partial charge in [-0.2, -0.15) is 0 Å². The molecular weight excluding hydrogens is 276 g/mol. The molecule has 0 amide bonds. The van der Waals surface area contributed by atoms with Crippen LogP contribution in [-0.2, 0) is 6.54 Å². The van der Waals surface area contributed by atoms with Crippen molar-refractivity contribution >= 4 is 0 Å². The van der Waals surface area contributed by atoms with Gasteiger partial charge in [0.15, 0.2) is 11.5 Å². The molecule has 1 unspecified atom stereocenters. The standard InChI is InChI=1S/C16H17F2NO2/c1-10(13-5-4-12(17)8-14(13)18)19-9-11-3-6-15(20)16(7-11)21-2/h3-8,10,19-20H,9H2,1-2H3. The van der Waals surface area contributed by atoms with E-state index >= 15 is 0 Å². The monoisotopic (exact) mass is 293 g/mol. The van der Waals surface area contributed by atoms with Gasteiger partial charge in [0.2, 0.25) is 0 Å². The van der Waals surface area contributed by atoms with E-state index in [0.29, 0.717) is 17.9 Å². The molecule has 3 nitrogen and oxygen atoms in total. The Kier molecular flexibility index (Phi) is 4.75. The number of phenolic OH excluding ortho intramolecular Hbond substituents is 1. The molecule has 1 atom stereocenters. The molecule has 0 radical (unpaired) electrons. The smallest absolute Gasteiger partial charge is 0.160 e. The van der Waals surface area contributed by atoms with E-state index in [2.05, 4.69) is 5.32 Å². The van der Waals surface area contributed by atoms with Crippen molar-refractivity contribution in [2.24, 2.45) is 0 Å². The second-order valence-electron chi connectivity index (χ2n) is 4.77. The average Bonchev–Trinajstić information content (AvgIpc) is 2.46. The number of hydrogen-bond acceptors (Lipinski definition) is 3. The average molecular weight is 293 g/mol. The van der Waals surface area contributed by atoms with E-state index in [1.54, 1.807) is 25.1 Å². The third-order valence-electron chi connectivity index (χ3n) is 3.29. The van der Waals surface area contributed by atoms with E-state index in [0.717, 1.165) is 11.6 Å². The van der Waals surface area contributed by atoms with Crippen LogP contribution in [0.1, 0.15) is 24.1 Å². The summed E-state index contributed by atoms with van der Waals surface area (Å²) in [5.41, 5.74) is 1.29. The molecule has 0 fully saturated rings. The van der Waals surface area contributed by atoms with Gasteiger partial charge in [-0.1, -0.05) is 12.1 Å². The summed E-state index contributed by atoms with van der Waals surface area (Å²) in [7, 11) is 1.47. The summed E-state index contributed by atoms with van der Waals surface area (Å²) < 4.78 is 31.6. The van der Waals surface area contributed by atoms with Crippen LogP contribution < -0.4 is 10.1 Å². The van der Waals surface area contributed by atoms with Crippen molar-refractivity contribution in [1.29, 1.82) is 0 Å². The van der Waals surface area contributed by atoms with Gasteiger partial charge in [0.25, 0.3) is 0 Å². The molecule has 2 N–H and O–H groups in total. The molecule has 0 heterocycles. The van der Waals surface area contributed by atoms with Crippen molar-refractivity contribution in [2.75, 3.05) is 7.11 Å². The Morgan fingerprint density at radius 3 is 2.62 bits per heavy atom. The van der Waals surface area contributed by atoms with E-state index < -0.39 is 11.6 Å². The Morgan fingerprint density at radius 2 is 1.95 bits per heavy atom. The van der Waals surface area contributed by atoms with Crippen LogP contribution in [0.5, 0.6) is 11.5 Å². The number of hydrogen-bond donors (Lipinski definition) is 2. The molecule has 0 saturated heterocycles. The molecule has 112 valence electrons. The minimum absolute atomic E-state index is 0.0684. The minimum Gasteiger partial charge on any atom is -0.504 e. The van der Waals surface area contributed by atoms with E-state index in [1.165, 1.54) is 19.2 Å². The zero-order valence-electron chi connectivity index (χ0n) is 11.9. The van der Waals surface area contributed by atoms with Crippen molar-refractivity contribution in [3.63, 3.8) is 0 Å². The largest absolute Gasteiger partial charge is 0.504 e. The van der Waals surface area contributed by atoms with Crippen LogP contribution in [0.2, 0.25) is 0 Å². The highest BCUT2D eigenvalue weighted by Crippen LogP contribution is 2.26. The van der Waals surface area contributed by atoms with Crippen molar-refractivity contribution in [3.8, 4) is 11.5 Å². The predicted molar refractivity (Wildman–Crippen MR) is 76.3 cm³/mol. The van der Waals surface area contributed by atoms with Crippen LogP contribution in [0, 0.1) is 11.6 Å². The molecule has 2 aromatic rings. The molecule has 0 spiro atoms. The zero-order valence-corrected chi connectivity index (χ0v) is 11.9. The van der Waals surface area contributed by atoms with Gasteiger partial charge in [-0.3, -0.25) is 0 Å². The number of ether oxygens (including phenoxy) is 1. The van der Waals surface area contributed by atoms with Crippen LogP contribution in [0.25, 0.3) is 0 Å². The van der Waals surface area contributed by atoms with Gasteiger partial charge >= 0.3 is 0 Å². The molecule has 2 rings (SSSR count). The Hall–Kier alpha value is -2.14. The summed E-state index contributed by atoms with van der Waals surface area (Å²) in [6.45, 7) is 2.27. The van der Waals surface area contributed by atoms with Crippen LogP contribution in [-0.4, -0.2) is 12.2 Å². The maximum Gasteiger partial charge on any atom is 0.160 e. The van der Waals surface area contributed by atoms with Crippen LogP contribution in [0.4, 0.5) is 8.78 Å². The number of nitrogens with one attached hydrogen (secondary N) is 1. The van der Waals surface area contributed by atoms with Crippen molar-refractivity contribution < 1.29 is 18.6 Å². The highest BCUT2D eigenvalue weighted by Gasteiger charge is 2.11. The number of benzene rings is 2. The van der Waals surface area contributed by atoms with Crippen LogP contribution >= 0.6 is 0 Å². The second kappa shape index (κ2) is 6.54. The van der Waals surface area contributed by atoms with Gasteiger partial charge in [-0.15, -0.1) is 0 Å². The second-order valence-corrected chi connectivity index (χ2v) is 4.77. The fraction of sp³-hybridized carbons (Fsp3) is 0.250. The van der Waals surface area contributed by atoms with Crippen LogP contribution in [0.15, 0.2) is 36.4 Å². The molecule has 2 aromatic carbocycles. The Labute approximate surface area is 122 Å². The fourth-order valence-electron chi connectivity index (χ4n) is 2.07. The lowest BCUT2D eigenvalue weighted by molar-refractivity contribution is 0.372. The lowest BCUT2D eigenvalue weighted by atomic mass is 10.1. The van der Waals surface area contributed by atoms with E-state index in [9.17, 15) is 13.9 Å². The third-order valence-corrected chi connectivity index (χ3v) is 3.29. The lowest BCUT2D eigenvalue weighted by Gasteiger charge is -2.15. The molecule has 5 heteroatoms. The molecule has 0 bridgehead atoms. The van der Waals surface area contributed by atoms with E-state index in [-0.39, 0.29) is 11.8 Å². The molecule has 0 aliphatic heterocycles. The summed E-state index contributed by atoms with van der Waals surface area (Å²) in [4.78, 5) is 0. The number of aromatic hydroxyl groups is 1. The van der Waals surface area contributed by atoms with E-state index in [1.807, 2.05) is 0 Å². The minimum atomic E-state index is -0.591. The van der Waals surface area contributed by atoms with Gasteiger partial charge in [-0.25, -0.2) is 8.78 Å². The highest BCUT2D eigenvalue weighted by atomic mass is 19.1. The first-order chi connectivity index (χ1) is 10.0. The molecule has 0 aliphatic carbocycles. The SMILES string of the molecule is COc1cc(CNC(C)c2ccc(F)cc2F)ccc1O. The quantitative estimate of drug-likeness (QED) is 0.886. The molecule has 0 aliphatic rings. The Balaban J connectivity index is 2.05. The van der Waals surface area contributed by atoms with Crippen molar-refractivity contribution in [2.45, 2.75) is 19.5 Å².